The number of rotatable bonds is 2. The Kier molecular flexibility index (Phi) is 3.38. The van der Waals surface area contributed by atoms with E-state index in [1.54, 1.807) is 0 Å². The van der Waals surface area contributed by atoms with Crippen molar-refractivity contribution in [3.05, 3.63) is 27.3 Å². The molecule has 5 nitrogen and oxygen atoms in total. The van der Waals surface area contributed by atoms with Crippen LogP contribution in [0.4, 0.5) is 5.69 Å². The molecule has 1 rings (SSSR count). The molecule has 0 aliphatic heterocycles. The number of nitro groups is 1. The van der Waals surface area contributed by atoms with Crippen molar-refractivity contribution in [2.45, 2.75) is 4.90 Å². The van der Waals surface area contributed by atoms with Crippen LogP contribution in [0, 0.1) is 10.1 Å². The van der Waals surface area contributed by atoms with Gasteiger partial charge < -0.3 is 10.0 Å². The van der Waals surface area contributed by atoms with Gasteiger partial charge in [-0.3, -0.25) is 10.1 Å². The summed E-state index contributed by atoms with van der Waals surface area (Å²) in [7, 11) is -1.99. The van der Waals surface area contributed by atoms with Gasteiger partial charge in [-0.15, -0.1) is 12.6 Å². The van der Waals surface area contributed by atoms with Gasteiger partial charge in [0.05, 0.1) is 15.4 Å². The number of hydrogen-bond donors (Lipinski definition) is 3. The summed E-state index contributed by atoms with van der Waals surface area (Å²) in [5, 5.41) is 28.1. The first kappa shape index (κ1) is 11.3. The van der Waals surface area contributed by atoms with E-state index in [0.717, 1.165) is 6.07 Å². The van der Waals surface area contributed by atoms with E-state index in [4.69, 9.17) is 21.6 Å². The average molecular weight is 233 g/mol. The number of benzene rings is 1. The minimum atomic E-state index is -1.99. The van der Waals surface area contributed by atoms with E-state index in [1.807, 2.05) is 0 Å². The fourth-order valence-electron chi connectivity index (χ4n) is 0.976. The van der Waals surface area contributed by atoms with E-state index < -0.39 is 17.7 Å². The first-order valence-corrected chi connectivity index (χ1v) is 4.29. The van der Waals surface area contributed by atoms with Crippen LogP contribution in [0.3, 0.4) is 0 Å². The lowest BCUT2D eigenvalue weighted by Crippen LogP contribution is -2.33. The third-order valence-electron chi connectivity index (χ3n) is 1.59. The number of nitro benzene ring substituents is 1. The van der Waals surface area contributed by atoms with Crippen molar-refractivity contribution in [2.24, 2.45) is 0 Å². The molecule has 0 aliphatic rings. The lowest BCUT2D eigenvalue weighted by Gasteiger charge is -2.05. The minimum absolute atomic E-state index is 0.127. The van der Waals surface area contributed by atoms with Crippen LogP contribution in [-0.4, -0.2) is 22.1 Å². The number of nitrogens with zero attached hydrogens (tertiary/aromatic N) is 1. The van der Waals surface area contributed by atoms with Crippen LogP contribution in [0.25, 0.3) is 0 Å². The first-order chi connectivity index (χ1) is 6.45. The van der Waals surface area contributed by atoms with Crippen molar-refractivity contribution < 1.29 is 15.0 Å². The lowest BCUT2D eigenvalue weighted by atomic mass is 9.79. The highest BCUT2D eigenvalue weighted by molar-refractivity contribution is 7.80. The van der Waals surface area contributed by atoms with Gasteiger partial charge in [0.25, 0.3) is 5.69 Å². The number of thiol groups is 1. The Balaban J connectivity index is 3.45. The molecule has 0 atom stereocenters. The molecule has 0 heterocycles. The Morgan fingerprint density at radius 3 is 2.50 bits per heavy atom. The molecule has 1 aromatic carbocycles. The predicted octanol–water partition coefficient (Wildman–Crippen LogP) is 0.217. The maximum Gasteiger partial charge on any atom is 0.497 e. The van der Waals surface area contributed by atoms with Gasteiger partial charge in [0, 0.05) is 11.0 Å². The van der Waals surface area contributed by atoms with Gasteiger partial charge in [0.2, 0.25) is 0 Å². The second kappa shape index (κ2) is 4.18. The fraction of sp³-hybridized carbons (Fsp3) is 0. The van der Waals surface area contributed by atoms with E-state index in [0.29, 0.717) is 0 Å². The second-order valence-electron chi connectivity index (χ2n) is 2.46. The summed E-state index contributed by atoms with van der Waals surface area (Å²) in [4.78, 5) is 10.00. The van der Waals surface area contributed by atoms with Gasteiger partial charge in [-0.1, -0.05) is 11.6 Å². The largest absolute Gasteiger partial charge is 0.497 e. The summed E-state index contributed by atoms with van der Waals surface area (Å²) in [5.41, 5.74) is -0.785. The quantitative estimate of drug-likeness (QED) is 0.295. The van der Waals surface area contributed by atoms with Crippen LogP contribution >= 0.6 is 24.2 Å². The van der Waals surface area contributed by atoms with Crippen molar-refractivity contribution >= 4 is 42.5 Å². The monoisotopic (exact) mass is 233 g/mol. The molecule has 0 amide bonds. The van der Waals surface area contributed by atoms with Crippen molar-refractivity contribution in [3.8, 4) is 0 Å². The van der Waals surface area contributed by atoms with Crippen molar-refractivity contribution in [3.63, 3.8) is 0 Å². The molecular weight excluding hydrogens is 228 g/mol. The smallest absolute Gasteiger partial charge is 0.423 e. The molecule has 8 heteroatoms. The molecule has 0 saturated heterocycles. The van der Waals surface area contributed by atoms with E-state index in [9.17, 15) is 10.1 Å². The van der Waals surface area contributed by atoms with Gasteiger partial charge in [0.1, 0.15) is 0 Å². The summed E-state index contributed by atoms with van der Waals surface area (Å²) in [6.07, 6.45) is 0. The Morgan fingerprint density at radius 2 is 2.07 bits per heavy atom. The van der Waals surface area contributed by atoms with Crippen molar-refractivity contribution in [2.75, 3.05) is 0 Å². The molecule has 1 aromatic rings. The Labute approximate surface area is 90.0 Å². The zero-order valence-corrected chi connectivity index (χ0v) is 8.37. The van der Waals surface area contributed by atoms with Crippen LogP contribution in [-0.2, 0) is 0 Å². The Hall–Kier alpha value is -0.755. The highest BCUT2D eigenvalue weighted by atomic mass is 35.5. The van der Waals surface area contributed by atoms with Gasteiger partial charge >= 0.3 is 7.12 Å². The highest BCUT2D eigenvalue weighted by Gasteiger charge is 2.27. The molecule has 0 fully saturated rings. The summed E-state index contributed by atoms with van der Waals surface area (Å²) >= 11 is 9.54. The van der Waals surface area contributed by atoms with Crippen LogP contribution in [0.1, 0.15) is 0 Å². The maximum atomic E-state index is 10.5. The number of hydrogen-bond acceptors (Lipinski definition) is 5. The number of halogens is 1. The van der Waals surface area contributed by atoms with Crippen LogP contribution in [0.5, 0.6) is 0 Å². The van der Waals surface area contributed by atoms with Gasteiger partial charge in [-0.25, -0.2) is 0 Å². The molecular formula is C6H5BClNO4S. The molecule has 74 valence electrons. The van der Waals surface area contributed by atoms with Crippen molar-refractivity contribution in [1.82, 2.24) is 0 Å². The summed E-state index contributed by atoms with van der Waals surface area (Å²) in [6.45, 7) is 0. The molecule has 0 radical (unpaired) electrons. The molecule has 14 heavy (non-hydrogen) atoms. The minimum Gasteiger partial charge on any atom is -0.423 e. The highest BCUT2D eigenvalue weighted by Crippen LogP contribution is 2.23. The SMILES string of the molecule is O=[N+]([O-])c1ccc(S)c(Cl)c1B(O)O. The lowest BCUT2D eigenvalue weighted by molar-refractivity contribution is -0.383. The summed E-state index contributed by atoms with van der Waals surface area (Å²) in [6, 6.07) is 2.43. The molecule has 2 N–H and O–H groups in total. The third kappa shape index (κ3) is 2.01. The average Bonchev–Trinajstić information content (AvgIpc) is 2.08. The van der Waals surface area contributed by atoms with Crippen LogP contribution < -0.4 is 5.46 Å². The molecule has 0 aromatic heterocycles. The van der Waals surface area contributed by atoms with E-state index in [1.165, 1.54) is 6.07 Å². The van der Waals surface area contributed by atoms with E-state index >= 15 is 0 Å². The zero-order chi connectivity index (χ0) is 10.9. The first-order valence-electron chi connectivity index (χ1n) is 3.47. The van der Waals surface area contributed by atoms with Gasteiger partial charge in [0.15, 0.2) is 0 Å². The van der Waals surface area contributed by atoms with Gasteiger partial charge in [-0.2, -0.15) is 0 Å². The molecule has 0 unspecified atom stereocenters. The van der Waals surface area contributed by atoms with E-state index in [2.05, 4.69) is 12.6 Å². The van der Waals surface area contributed by atoms with Gasteiger partial charge in [-0.05, 0) is 6.07 Å². The fourth-order valence-corrected chi connectivity index (χ4v) is 1.43. The van der Waals surface area contributed by atoms with Crippen molar-refractivity contribution in [1.29, 1.82) is 0 Å². The Morgan fingerprint density at radius 1 is 1.50 bits per heavy atom. The third-order valence-corrected chi connectivity index (χ3v) is 2.50. The molecule has 0 bridgehead atoms. The van der Waals surface area contributed by atoms with Crippen LogP contribution in [0.15, 0.2) is 17.0 Å². The molecule has 0 spiro atoms. The normalized spacial score (nSPS) is 10.0. The molecule has 0 saturated carbocycles. The van der Waals surface area contributed by atoms with Crippen LogP contribution in [0.2, 0.25) is 5.02 Å². The summed E-state index contributed by atoms with van der Waals surface area (Å²) < 4.78 is 0. The Bertz CT molecular complexity index is 386. The predicted molar refractivity (Wildman–Crippen MR) is 55.2 cm³/mol. The topological polar surface area (TPSA) is 83.6 Å². The molecule has 0 aliphatic carbocycles. The standard InChI is InChI=1S/C6H5BClNO4S/c8-6-4(14)2-1-3(9(12)13)5(6)7(10)11/h1-2,10-11,14H. The zero-order valence-electron chi connectivity index (χ0n) is 6.72. The maximum absolute atomic E-state index is 10.5. The summed E-state index contributed by atoms with van der Waals surface area (Å²) in [5.74, 6) is 0. The second-order valence-corrected chi connectivity index (χ2v) is 3.32. The van der Waals surface area contributed by atoms with E-state index in [-0.39, 0.29) is 15.4 Å².